The molecule has 0 aliphatic heterocycles. The Morgan fingerprint density at radius 2 is 1.09 bits per heavy atom. The number of nitrogens with zero attached hydrogens (tertiary/aromatic N) is 2. The number of ketones is 2. The van der Waals surface area contributed by atoms with E-state index in [-0.39, 0.29) is 28.2 Å². The molecule has 2 atom stereocenters. The van der Waals surface area contributed by atoms with E-state index in [4.69, 9.17) is 5.73 Å². The third kappa shape index (κ3) is 5.22. The van der Waals surface area contributed by atoms with Crippen molar-refractivity contribution in [3.8, 4) is 0 Å². The number of carbonyl (C=O) groups is 2. The van der Waals surface area contributed by atoms with Gasteiger partial charge in [-0.25, -0.2) is 0 Å². The van der Waals surface area contributed by atoms with Crippen LogP contribution in [-0.2, 0) is 0 Å². The van der Waals surface area contributed by atoms with Crippen molar-refractivity contribution in [2.75, 3.05) is 5.73 Å². The summed E-state index contributed by atoms with van der Waals surface area (Å²) in [6.07, 6.45) is -2.77. The van der Waals surface area contributed by atoms with E-state index in [0.717, 1.165) is 0 Å². The van der Waals surface area contributed by atoms with Gasteiger partial charge in [-0.3, -0.25) is 9.59 Å². The molecule has 7 heteroatoms. The third-order valence-corrected chi connectivity index (χ3v) is 5.49. The van der Waals surface area contributed by atoms with Gasteiger partial charge < -0.3 is 15.9 Å². The minimum Gasteiger partial charge on any atom is -0.397 e. The Hall–Kier alpha value is -4.46. The van der Waals surface area contributed by atoms with E-state index in [2.05, 4.69) is 10.2 Å². The van der Waals surface area contributed by atoms with Crippen molar-refractivity contribution >= 4 is 28.6 Å². The fourth-order valence-corrected chi connectivity index (χ4v) is 3.61. The minimum absolute atomic E-state index is 0.0818. The second-order valence-electron chi connectivity index (χ2n) is 7.82. The largest absolute Gasteiger partial charge is 0.397 e. The predicted octanol–water partition coefficient (Wildman–Crippen LogP) is 5.52. The minimum atomic E-state index is -1.40. The summed E-state index contributed by atoms with van der Waals surface area (Å²) < 4.78 is 0. The summed E-state index contributed by atoms with van der Waals surface area (Å²) in [4.78, 5) is 26.1. The topological polar surface area (TPSA) is 125 Å². The normalized spacial score (nSPS) is 12.9. The highest BCUT2D eigenvalue weighted by Gasteiger charge is 2.24. The molecule has 4 aromatic carbocycles. The van der Waals surface area contributed by atoms with Crippen LogP contribution in [0, 0.1) is 0 Å². The van der Waals surface area contributed by atoms with Gasteiger partial charge in [-0.1, -0.05) is 78.9 Å². The molecule has 4 N–H and O–H groups in total. The molecule has 4 rings (SSSR count). The van der Waals surface area contributed by atoms with Crippen LogP contribution in [0.4, 0.5) is 17.1 Å². The van der Waals surface area contributed by atoms with E-state index in [1.165, 1.54) is 6.07 Å². The van der Waals surface area contributed by atoms with Gasteiger partial charge in [-0.15, -0.1) is 10.2 Å². The maximum absolute atomic E-state index is 13.1. The monoisotopic (exact) mass is 465 g/mol. The van der Waals surface area contributed by atoms with Gasteiger partial charge in [0, 0.05) is 5.56 Å². The Balaban J connectivity index is 1.67. The standard InChI is InChI=1S/C28H23N3O4/c29-22-16-9-15-21(28(35)26(33)19-12-5-2-6-13-19)24(22)31-30-23-17-8-7-14-20(23)27(34)25(32)18-10-3-1-4-11-18/h1-17,25-26,32-33H,29H2. The van der Waals surface area contributed by atoms with E-state index in [1.807, 2.05) is 0 Å². The summed E-state index contributed by atoms with van der Waals surface area (Å²) in [7, 11) is 0. The highest BCUT2D eigenvalue weighted by atomic mass is 16.3. The first-order valence-electron chi connectivity index (χ1n) is 10.9. The van der Waals surface area contributed by atoms with Crippen molar-refractivity contribution in [1.82, 2.24) is 0 Å². The average molecular weight is 466 g/mol. The second-order valence-corrected chi connectivity index (χ2v) is 7.82. The van der Waals surface area contributed by atoms with Crippen LogP contribution in [0.5, 0.6) is 0 Å². The molecule has 0 amide bonds. The molecule has 4 aromatic rings. The Morgan fingerprint density at radius 3 is 1.69 bits per heavy atom. The van der Waals surface area contributed by atoms with Gasteiger partial charge >= 0.3 is 0 Å². The predicted molar refractivity (Wildman–Crippen MR) is 133 cm³/mol. The van der Waals surface area contributed by atoms with Crippen LogP contribution in [-0.4, -0.2) is 21.8 Å². The van der Waals surface area contributed by atoms with Crippen molar-refractivity contribution in [2.24, 2.45) is 10.2 Å². The zero-order valence-electron chi connectivity index (χ0n) is 18.7. The zero-order valence-corrected chi connectivity index (χ0v) is 18.7. The van der Waals surface area contributed by atoms with Crippen molar-refractivity contribution in [3.63, 3.8) is 0 Å². The lowest BCUT2D eigenvalue weighted by Gasteiger charge is -2.13. The van der Waals surface area contributed by atoms with Gasteiger partial charge in [0.2, 0.25) is 0 Å². The van der Waals surface area contributed by atoms with Crippen LogP contribution in [0.25, 0.3) is 0 Å². The van der Waals surface area contributed by atoms with Crippen LogP contribution < -0.4 is 5.73 Å². The zero-order chi connectivity index (χ0) is 24.8. The van der Waals surface area contributed by atoms with Crippen LogP contribution in [0.2, 0.25) is 0 Å². The van der Waals surface area contributed by atoms with E-state index >= 15 is 0 Å². The molecule has 0 saturated carbocycles. The molecular formula is C28H23N3O4. The summed E-state index contributed by atoms with van der Waals surface area (Å²) in [6.45, 7) is 0. The second kappa shape index (κ2) is 10.6. The summed E-state index contributed by atoms with van der Waals surface area (Å²) in [5.74, 6) is -1.12. The van der Waals surface area contributed by atoms with Crippen molar-refractivity contribution in [3.05, 3.63) is 125 Å². The number of benzene rings is 4. The molecule has 0 heterocycles. The van der Waals surface area contributed by atoms with E-state index < -0.39 is 23.8 Å². The van der Waals surface area contributed by atoms with E-state index in [1.54, 1.807) is 97.1 Å². The number of aliphatic hydroxyl groups excluding tert-OH is 2. The maximum atomic E-state index is 13.1. The Labute approximate surface area is 202 Å². The van der Waals surface area contributed by atoms with Gasteiger partial charge in [0.15, 0.2) is 11.6 Å². The maximum Gasteiger partial charge on any atom is 0.198 e. The van der Waals surface area contributed by atoms with E-state index in [9.17, 15) is 19.8 Å². The molecule has 7 nitrogen and oxygen atoms in total. The van der Waals surface area contributed by atoms with Gasteiger partial charge in [-0.2, -0.15) is 0 Å². The molecule has 0 aromatic heterocycles. The summed E-state index contributed by atoms with van der Waals surface area (Å²) in [5, 5.41) is 29.5. The molecule has 35 heavy (non-hydrogen) atoms. The molecule has 0 bridgehead atoms. The number of aliphatic hydroxyl groups is 2. The Morgan fingerprint density at radius 1 is 0.600 bits per heavy atom. The first-order valence-corrected chi connectivity index (χ1v) is 10.9. The highest BCUT2D eigenvalue weighted by Crippen LogP contribution is 2.33. The number of hydrogen-bond donors (Lipinski definition) is 3. The fraction of sp³-hybridized carbons (Fsp3) is 0.0714. The first kappa shape index (κ1) is 23.7. The summed E-state index contributed by atoms with van der Waals surface area (Å²) in [6, 6.07) is 28.2. The lowest BCUT2D eigenvalue weighted by Crippen LogP contribution is -2.13. The molecule has 0 aliphatic rings. The summed E-state index contributed by atoms with van der Waals surface area (Å²) in [5.41, 5.74) is 7.72. The van der Waals surface area contributed by atoms with Crippen LogP contribution >= 0.6 is 0 Å². The molecule has 0 spiro atoms. The highest BCUT2D eigenvalue weighted by molar-refractivity contribution is 6.06. The average Bonchev–Trinajstić information content (AvgIpc) is 2.91. The summed E-state index contributed by atoms with van der Waals surface area (Å²) >= 11 is 0. The molecule has 0 saturated heterocycles. The van der Waals surface area contributed by atoms with Crippen molar-refractivity contribution in [1.29, 1.82) is 0 Å². The smallest absolute Gasteiger partial charge is 0.198 e. The number of hydrogen-bond acceptors (Lipinski definition) is 7. The van der Waals surface area contributed by atoms with E-state index in [0.29, 0.717) is 11.1 Å². The fourth-order valence-electron chi connectivity index (χ4n) is 3.61. The van der Waals surface area contributed by atoms with Crippen LogP contribution in [0.3, 0.4) is 0 Å². The Bertz CT molecular complexity index is 1370. The number of rotatable bonds is 8. The molecule has 2 unspecified atom stereocenters. The number of anilines is 1. The van der Waals surface area contributed by atoms with Crippen LogP contribution in [0.1, 0.15) is 44.1 Å². The quantitative estimate of drug-likeness (QED) is 0.180. The molecule has 0 radical (unpaired) electrons. The van der Waals surface area contributed by atoms with Gasteiger partial charge in [0.05, 0.1) is 16.9 Å². The molecular weight excluding hydrogens is 442 g/mol. The third-order valence-electron chi connectivity index (χ3n) is 5.49. The number of carbonyl (C=O) groups excluding carboxylic acids is 2. The van der Waals surface area contributed by atoms with Gasteiger partial charge in [-0.05, 0) is 35.4 Å². The number of azo groups is 1. The first-order chi connectivity index (χ1) is 17.0. The lowest BCUT2D eigenvalue weighted by molar-refractivity contribution is 0.0744. The van der Waals surface area contributed by atoms with Crippen molar-refractivity contribution < 1.29 is 19.8 Å². The Kier molecular flexibility index (Phi) is 7.21. The SMILES string of the molecule is Nc1cccc(C(=O)C(O)c2ccccc2)c1N=Nc1ccccc1C(=O)C(O)c1ccccc1. The number of nitrogen functional groups attached to an aromatic ring is 1. The van der Waals surface area contributed by atoms with Crippen LogP contribution in [0.15, 0.2) is 113 Å². The molecule has 0 fully saturated rings. The molecule has 174 valence electrons. The lowest BCUT2D eigenvalue weighted by atomic mass is 9.98. The molecule has 0 aliphatic carbocycles. The van der Waals surface area contributed by atoms with Gasteiger partial charge in [0.25, 0.3) is 0 Å². The van der Waals surface area contributed by atoms with Gasteiger partial charge in [0.1, 0.15) is 17.9 Å². The number of Topliss-reactive ketones (excluding diaryl/α,β-unsaturated/α-hetero) is 2. The van der Waals surface area contributed by atoms with Crippen molar-refractivity contribution in [2.45, 2.75) is 12.2 Å². The number of nitrogens with two attached hydrogens (primary N) is 1.